The van der Waals surface area contributed by atoms with Crippen molar-refractivity contribution in [3.05, 3.63) is 95.8 Å². The van der Waals surface area contributed by atoms with Crippen LogP contribution >= 0.6 is 0 Å². The third-order valence-electron chi connectivity index (χ3n) is 5.07. The first-order chi connectivity index (χ1) is 16.0. The Morgan fingerprint density at radius 2 is 1.97 bits per heavy atom. The molecule has 2 heterocycles. The number of ether oxygens (including phenoxy) is 1. The third kappa shape index (κ3) is 5.54. The fourth-order valence-electron chi connectivity index (χ4n) is 3.43. The molecule has 0 saturated heterocycles. The molecule has 0 atom stereocenters. The highest BCUT2D eigenvalue weighted by molar-refractivity contribution is 6.02. The lowest BCUT2D eigenvalue weighted by molar-refractivity contribution is -0.111. The van der Waals surface area contributed by atoms with E-state index in [9.17, 15) is 9.18 Å². The van der Waals surface area contributed by atoms with Crippen molar-refractivity contribution in [3.8, 4) is 11.4 Å². The van der Waals surface area contributed by atoms with Gasteiger partial charge in [-0.05, 0) is 62.4 Å². The predicted octanol–water partition coefficient (Wildman–Crippen LogP) is 4.56. The molecule has 33 heavy (non-hydrogen) atoms. The molecule has 4 aromatic rings. The third-order valence-corrected chi connectivity index (χ3v) is 5.07. The molecule has 0 spiro atoms. The van der Waals surface area contributed by atoms with Gasteiger partial charge in [0.2, 0.25) is 5.91 Å². The first-order valence-electron chi connectivity index (χ1n) is 10.5. The molecule has 8 heteroatoms. The van der Waals surface area contributed by atoms with E-state index in [2.05, 4.69) is 15.5 Å². The first kappa shape index (κ1) is 22.0. The minimum absolute atomic E-state index is 0.267. The molecule has 7 nitrogen and oxygen atoms in total. The zero-order valence-electron chi connectivity index (χ0n) is 18.4. The van der Waals surface area contributed by atoms with Crippen LogP contribution in [0.5, 0.6) is 5.75 Å². The predicted molar refractivity (Wildman–Crippen MR) is 125 cm³/mol. The Balaban J connectivity index is 1.39. The number of halogens is 1. The summed E-state index contributed by atoms with van der Waals surface area (Å²) in [7, 11) is 0. The van der Waals surface area contributed by atoms with E-state index in [-0.39, 0.29) is 11.7 Å². The van der Waals surface area contributed by atoms with Crippen molar-refractivity contribution in [2.45, 2.75) is 20.4 Å². The molecule has 0 aliphatic rings. The molecule has 0 bridgehead atoms. The number of amides is 1. The smallest absolute Gasteiger partial charge is 0.248 e. The number of rotatable bonds is 8. The Bertz CT molecular complexity index is 1260. The van der Waals surface area contributed by atoms with Crippen LogP contribution in [-0.4, -0.2) is 32.1 Å². The van der Waals surface area contributed by atoms with Gasteiger partial charge in [-0.25, -0.2) is 9.07 Å². The van der Waals surface area contributed by atoms with E-state index in [0.29, 0.717) is 24.6 Å². The van der Waals surface area contributed by atoms with Gasteiger partial charge < -0.3 is 10.1 Å². The second-order valence-corrected chi connectivity index (χ2v) is 7.44. The lowest BCUT2D eigenvalue weighted by Gasteiger charge is -2.08. The number of anilines is 1. The number of hydrogen-bond donors (Lipinski definition) is 1. The van der Waals surface area contributed by atoms with Crippen molar-refractivity contribution in [1.82, 2.24) is 19.6 Å². The van der Waals surface area contributed by atoms with E-state index in [4.69, 9.17) is 4.74 Å². The van der Waals surface area contributed by atoms with Gasteiger partial charge in [-0.2, -0.15) is 10.2 Å². The monoisotopic (exact) mass is 445 g/mol. The highest BCUT2D eigenvalue weighted by atomic mass is 19.1. The van der Waals surface area contributed by atoms with Gasteiger partial charge in [0, 0.05) is 41.5 Å². The molecule has 0 aliphatic carbocycles. The molecule has 2 aromatic heterocycles. The number of aromatic nitrogens is 4. The Morgan fingerprint density at radius 3 is 2.73 bits per heavy atom. The van der Waals surface area contributed by atoms with E-state index in [0.717, 1.165) is 22.6 Å². The van der Waals surface area contributed by atoms with Crippen LogP contribution in [0.2, 0.25) is 0 Å². The summed E-state index contributed by atoms with van der Waals surface area (Å²) in [6, 6.07) is 15.2. The molecule has 0 aliphatic heterocycles. The number of hydrogen-bond acceptors (Lipinski definition) is 4. The number of carbonyl (C=O) groups is 1. The van der Waals surface area contributed by atoms with Gasteiger partial charge in [-0.15, -0.1) is 0 Å². The van der Waals surface area contributed by atoms with Gasteiger partial charge in [0.15, 0.2) is 0 Å². The molecule has 0 unspecified atom stereocenters. The zero-order chi connectivity index (χ0) is 23.2. The highest BCUT2D eigenvalue weighted by Crippen LogP contribution is 2.20. The molecule has 1 N–H and O–H groups in total. The Hall–Kier alpha value is -4.20. The zero-order valence-corrected chi connectivity index (χ0v) is 18.4. The minimum Gasteiger partial charge on any atom is -0.492 e. The number of carbonyl (C=O) groups excluding carboxylic acids is 1. The highest BCUT2D eigenvalue weighted by Gasteiger charge is 2.11. The summed E-state index contributed by atoms with van der Waals surface area (Å²) in [5.74, 6) is 0.0951. The molecule has 168 valence electrons. The SMILES string of the molecule is Cc1nn(-c2ccc(F)cc2)c(C)c1/C=C/C(=O)Nc1cccc(OCCn2cccn2)c1. The van der Waals surface area contributed by atoms with Crippen LogP contribution < -0.4 is 10.1 Å². The average Bonchev–Trinajstić information content (AvgIpc) is 3.41. The van der Waals surface area contributed by atoms with E-state index in [1.165, 1.54) is 18.2 Å². The molecule has 4 rings (SSSR count). The van der Waals surface area contributed by atoms with Crippen molar-refractivity contribution in [1.29, 1.82) is 0 Å². The standard InChI is InChI=1S/C25H24FN5O2/c1-18-24(19(2)31(29-18)22-9-7-20(26)8-10-22)11-12-25(32)28-21-5-3-6-23(17-21)33-16-15-30-14-4-13-27-30/h3-14,17H,15-16H2,1-2H3,(H,28,32)/b12-11+. The fraction of sp³-hybridized carbons (Fsp3) is 0.160. The van der Waals surface area contributed by atoms with Gasteiger partial charge >= 0.3 is 0 Å². The molecule has 1 amide bonds. The number of nitrogens with zero attached hydrogens (tertiary/aromatic N) is 4. The second-order valence-electron chi connectivity index (χ2n) is 7.44. The summed E-state index contributed by atoms with van der Waals surface area (Å²) in [4.78, 5) is 12.5. The van der Waals surface area contributed by atoms with E-state index in [1.807, 2.05) is 38.2 Å². The molecule has 2 aromatic carbocycles. The van der Waals surface area contributed by atoms with Crippen LogP contribution in [0.4, 0.5) is 10.1 Å². The summed E-state index contributed by atoms with van der Waals surface area (Å²) in [6.07, 6.45) is 6.80. The van der Waals surface area contributed by atoms with Crippen molar-refractivity contribution < 1.29 is 13.9 Å². The number of benzene rings is 2. The van der Waals surface area contributed by atoms with Gasteiger partial charge in [0.1, 0.15) is 18.2 Å². The Kier molecular flexibility index (Phi) is 6.64. The van der Waals surface area contributed by atoms with Crippen molar-refractivity contribution in [2.75, 3.05) is 11.9 Å². The molecular weight excluding hydrogens is 421 g/mol. The average molecular weight is 445 g/mol. The second kappa shape index (κ2) is 9.95. The maximum atomic E-state index is 13.2. The summed E-state index contributed by atoms with van der Waals surface area (Å²) in [5.41, 5.74) is 3.86. The summed E-state index contributed by atoms with van der Waals surface area (Å²) in [6.45, 7) is 4.88. The molecular formula is C25H24FN5O2. The lowest BCUT2D eigenvalue weighted by atomic mass is 10.2. The Morgan fingerprint density at radius 1 is 1.15 bits per heavy atom. The van der Waals surface area contributed by atoms with E-state index < -0.39 is 0 Å². The van der Waals surface area contributed by atoms with E-state index >= 15 is 0 Å². The fourth-order valence-corrected chi connectivity index (χ4v) is 3.43. The van der Waals surface area contributed by atoms with Crippen molar-refractivity contribution in [3.63, 3.8) is 0 Å². The van der Waals surface area contributed by atoms with Gasteiger partial charge in [0.05, 0.1) is 17.9 Å². The van der Waals surface area contributed by atoms with Crippen LogP contribution in [0.1, 0.15) is 17.0 Å². The first-order valence-corrected chi connectivity index (χ1v) is 10.5. The van der Waals surface area contributed by atoms with Gasteiger partial charge in [-0.1, -0.05) is 6.07 Å². The van der Waals surface area contributed by atoms with E-state index in [1.54, 1.807) is 45.9 Å². The Labute approximate surface area is 191 Å². The summed E-state index contributed by atoms with van der Waals surface area (Å²) in [5, 5.41) is 11.5. The minimum atomic E-state index is -0.301. The number of aryl methyl sites for hydroxylation is 1. The molecule has 0 radical (unpaired) electrons. The van der Waals surface area contributed by atoms with Gasteiger partial charge in [0.25, 0.3) is 0 Å². The van der Waals surface area contributed by atoms with Crippen LogP contribution in [-0.2, 0) is 11.3 Å². The molecule has 0 fully saturated rings. The maximum absolute atomic E-state index is 13.2. The maximum Gasteiger partial charge on any atom is 0.248 e. The number of nitrogens with one attached hydrogen (secondary N) is 1. The van der Waals surface area contributed by atoms with Crippen molar-refractivity contribution in [2.24, 2.45) is 0 Å². The quantitative estimate of drug-likeness (QED) is 0.404. The lowest BCUT2D eigenvalue weighted by Crippen LogP contribution is -2.10. The summed E-state index contributed by atoms with van der Waals surface area (Å²) < 4.78 is 22.5. The summed E-state index contributed by atoms with van der Waals surface area (Å²) >= 11 is 0. The van der Waals surface area contributed by atoms with Crippen molar-refractivity contribution >= 4 is 17.7 Å². The normalized spacial score (nSPS) is 11.1. The van der Waals surface area contributed by atoms with Crippen LogP contribution in [0.25, 0.3) is 11.8 Å². The topological polar surface area (TPSA) is 74.0 Å². The van der Waals surface area contributed by atoms with Crippen LogP contribution in [0.3, 0.4) is 0 Å². The van der Waals surface area contributed by atoms with Crippen LogP contribution in [0, 0.1) is 19.7 Å². The largest absolute Gasteiger partial charge is 0.492 e. The van der Waals surface area contributed by atoms with Crippen LogP contribution in [0.15, 0.2) is 73.1 Å². The molecule has 0 saturated carbocycles. The van der Waals surface area contributed by atoms with Gasteiger partial charge in [-0.3, -0.25) is 9.48 Å².